The molecule has 0 unspecified atom stereocenters. The van der Waals surface area contributed by atoms with E-state index in [0.29, 0.717) is 18.7 Å². The van der Waals surface area contributed by atoms with Crippen molar-refractivity contribution in [2.24, 2.45) is 0 Å². The minimum atomic E-state index is -3.85. The van der Waals surface area contributed by atoms with Crippen LogP contribution in [0.5, 0.6) is 5.75 Å². The lowest BCUT2D eigenvalue weighted by Crippen LogP contribution is -2.51. The molecule has 156 valence electrons. The summed E-state index contributed by atoms with van der Waals surface area (Å²) in [5.41, 5.74) is 0.817. The Morgan fingerprint density at radius 3 is 2.59 bits per heavy atom. The monoisotopic (exact) mass is 425 g/mol. The molecule has 29 heavy (non-hydrogen) atoms. The predicted molar refractivity (Wildman–Crippen MR) is 104 cm³/mol. The molecule has 3 rings (SSSR count). The van der Waals surface area contributed by atoms with Crippen LogP contribution >= 0.6 is 0 Å². The molecule has 0 spiro atoms. The van der Waals surface area contributed by atoms with E-state index in [1.165, 1.54) is 17.5 Å². The fourth-order valence-electron chi connectivity index (χ4n) is 3.05. The van der Waals surface area contributed by atoms with Crippen LogP contribution in [0, 0.1) is 11.6 Å². The van der Waals surface area contributed by atoms with Gasteiger partial charge in [0.25, 0.3) is 10.2 Å². The normalized spacial score (nSPS) is 17.1. The van der Waals surface area contributed by atoms with Gasteiger partial charge in [-0.15, -0.1) is 0 Å². The average Bonchev–Trinajstić information content (AvgIpc) is 2.68. The summed E-state index contributed by atoms with van der Waals surface area (Å²) in [5.74, 6) is -2.14. The summed E-state index contributed by atoms with van der Waals surface area (Å²) in [6, 6.07) is 10.0. The van der Waals surface area contributed by atoms with E-state index in [1.54, 1.807) is 24.3 Å². The Morgan fingerprint density at radius 2 is 1.86 bits per heavy atom. The Labute approximate surface area is 168 Å². The second kappa shape index (κ2) is 8.85. The fraction of sp³-hybridized carbons (Fsp3) is 0.316. The van der Waals surface area contributed by atoms with Crippen molar-refractivity contribution >= 4 is 21.8 Å². The van der Waals surface area contributed by atoms with Gasteiger partial charge >= 0.3 is 0 Å². The highest BCUT2D eigenvalue weighted by Crippen LogP contribution is 2.21. The van der Waals surface area contributed by atoms with Gasteiger partial charge in [-0.1, -0.05) is 12.1 Å². The number of hydrogen-bond acceptors (Lipinski definition) is 4. The molecule has 7 nitrogen and oxygen atoms in total. The first-order chi connectivity index (χ1) is 13.8. The average molecular weight is 425 g/mol. The zero-order valence-corrected chi connectivity index (χ0v) is 16.6. The largest absolute Gasteiger partial charge is 0.497 e. The van der Waals surface area contributed by atoms with Crippen LogP contribution in [0.15, 0.2) is 42.5 Å². The Kier molecular flexibility index (Phi) is 6.46. The van der Waals surface area contributed by atoms with E-state index in [0.717, 1.165) is 22.0 Å². The number of methoxy groups -OCH3 is 1. The van der Waals surface area contributed by atoms with Crippen LogP contribution in [0.4, 0.5) is 14.5 Å². The summed E-state index contributed by atoms with van der Waals surface area (Å²) in [6.07, 6.45) is 0.557. The highest BCUT2D eigenvalue weighted by molar-refractivity contribution is 7.86. The third-order valence-corrected chi connectivity index (χ3v) is 6.41. The number of nitrogens with one attached hydrogen (secondary N) is 1. The molecule has 0 aromatic heterocycles. The van der Waals surface area contributed by atoms with Gasteiger partial charge in [0.1, 0.15) is 5.75 Å². The maximum atomic E-state index is 13.3. The van der Waals surface area contributed by atoms with E-state index >= 15 is 0 Å². The highest BCUT2D eigenvalue weighted by atomic mass is 32.2. The number of benzene rings is 2. The number of hydrogen-bond donors (Lipinski definition) is 1. The number of rotatable bonds is 6. The number of nitrogens with zero attached hydrogens (tertiary/aromatic N) is 2. The van der Waals surface area contributed by atoms with Crippen molar-refractivity contribution in [2.75, 3.05) is 32.1 Å². The summed E-state index contributed by atoms with van der Waals surface area (Å²) in [4.78, 5) is 12.2. The molecule has 0 atom stereocenters. The second-order valence-corrected chi connectivity index (χ2v) is 8.49. The van der Waals surface area contributed by atoms with Gasteiger partial charge < -0.3 is 10.1 Å². The zero-order chi connectivity index (χ0) is 21.0. The molecule has 2 aromatic carbocycles. The van der Waals surface area contributed by atoms with Crippen LogP contribution in [0.1, 0.15) is 12.0 Å². The summed E-state index contributed by atoms with van der Waals surface area (Å²) >= 11 is 0. The van der Waals surface area contributed by atoms with Gasteiger partial charge in [-0.3, -0.25) is 4.79 Å². The highest BCUT2D eigenvalue weighted by Gasteiger charge is 2.34. The number of carbonyl (C=O) groups is 1. The van der Waals surface area contributed by atoms with E-state index in [-0.39, 0.29) is 18.8 Å². The molecule has 0 bridgehead atoms. The summed E-state index contributed by atoms with van der Waals surface area (Å²) in [6.45, 7) is 0.264. The molecular formula is C19H21F2N3O4S. The molecule has 1 fully saturated rings. The smallest absolute Gasteiger partial charge is 0.282 e. The molecule has 10 heteroatoms. The molecule has 1 aliphatic heterocycles. The molecular weight excluding hydrogens is 404 g/mol. The lowest BCUT2D eigenvalue weighted by molar-refractivity contribution is -0.116. The third-order valence-electron chi connectivity index (χ3n) is 4.48. The maximum absolute atomic E-state index is 13.3. The maximum Gasteiger partial charge on any atom is 0.282 e. The first-order valence-corrected chi connectivity index (χ1v) is 10.3. The van der Waals surface area contributed by atoms with Gasteiger partial charge in [-0.05, 0) is 36.2 Å². The Hall–Kier alpha value is -2.56. The van der Waals surface area contributed by atoms with Crippen LogP contribution < -0.4 is 10.1 Å². The van der Waals surface area contributed by atoms with E-state index in [9.17, 15) is 22.0 Å². The molecule has 0 saturated carbocycles. The Morgan fingerprint density at radius 1 is 1.10 bits per heavy atom. The summed E-state index contributed by atoms with van der Waals surface area (Å²) in [7, 11) is -2.32. The van der Waals surface area contributed by atoms with Gasteiger partial charge in [-0.25, -0.2) is 8.78 Å². The molecule has 1 saturated heterocycles. The van der Waals surface area contributed by atoms with Crippen LogP contribution in [0.3, 0.4) is 0 Å². The molecule has 1 amide bonds. The van der Waals surface area contributed by atoms with Crippen LogP contribution in [0.2, 0.25) is 0 Å². The van der Waals surface area contributed by atoms with Crippen LogP contribution in [-0.2, 0) is 21.5 Å². The van der Waals surface area contributed by atoms with Crippen molar-refractivity contribution in [3.8, 4) is 5.75 Å². The number of ether oxygens (including phenoxy) is 1. The van der Waals surface area contributed by atoms with Crippen molar-refractivity contribution in [3.63, 3.8) is 0 Å². The predicted octanol–water partition coefficient (Wildman–Crippen LogP) is 2.36. The Bertz CT molecular complexity index is 1000. The van der Waals surface area contributed by atoms with E-state index in [4.69, 9.17) is 4.74 Å². The van der Waals surface area contributed by atoms with Crippen molar-refractivity contribution in [3.05, 3.63) is 59.7 Å². The number of amides is 1. The van der Waals surface area contributed by atoms with Gasteiger partial charge in [0.05, 0.1) is 13.7 Å². The van der Waals surface area contributed by atoms with Gasteiger partial charge in [0, 0.05) is 31.4 Å². The molecule has 0 radical (unpaired) electrons. The quantitative estimate of drug-likeness (QED) is 0.771. The summed E-state index contributed by atoms with van der Waals surface area (Å²) in [5, 5.41) is 2.39. The minimum absolute atomic E-state index is 0.0524. The van der Waals surface area contributed by atoms with E-state index in [1.807, 2.05) is 0 Å². The topological polar surface area (TPSA) is 79.0 Å². The SMILES string of the molecule is COc1cccc(CN2CCCN(CC(=O)Nc3ccc(F)c(F)c3)S2(=O)=O)c1. The van der Waals surface area contributed by atoms with E-state index < -0.39 is 34.3 Å². The number of halogens is 2. The lowest BCUT2D eigenvalue weighted by Gasteiger charge is -2.34. The second-order valence-electron chi connectivity index (χ2n) is 6.56. The van der Waals surface area contributed by atoms with Crippen molar-refractivity contribution in [2.45, 2.75) is 13.0 Å². The fourth-order valence-corrected chi connectivity index (χ4v) is 4.69. The molecule has 2 aromatic rings. The van der Waals surface area contributed by atoms with Gasteiger partial charge in [0.15, 0.2) is 11.6 Å². The number of anilines is 1. The van der Waals surface area contributed by atoms with Crippen molar-refractivity contribution in [1.29, 1.82) is 0 Å². The Balaban J connectivity index is 1.67. The molecule has 1 aliphatic rings. The zero-order valence-electron chi connectivity index (χ0n) is 15.8. The van der Waals surface area contributed by atoms with E-state index in [2.05, 4.69) is 5.32 Å². The summed E-state index contributed by atoms with van der Waals surface area (Å²) < 4.78 is 59.6. The van der Waals surface area contributed by atoms with Gasteiger partial charge in [0.2, 0.25) is 5.91 Å². The van der Waals surface area contributed by atoms with Crippen LogP contribution in [-0.4, -0.2) is 49.7 Å². The molecule has 1 heterocycles. The van der Waals surface area contributed by atoms with Crippen molar-refractivity contribution < 1.29 is 26.7 Å². The van der Waals surface area contributed by atoms with Gasteiger partial charge in [-0.2, -0.15) is 17.0 Å². The lowest BCUT2D eigenvalue weighted by atomic mass is 10.2. The molecule has 1 N–H and O–H groups in total. The third kappa shape index (κ3) is 5.08. The van der Waals surface area contributed by atoms with Crippen molar-refractivity contribution in [1.82, 2.24) is 8.61 Å². The first kappa shape index (κ1) is 21.2. The first-order valence-electron chi connectivity index (χ1n) is 8.92. The molecule has 0 aliphatic carbocycles. The number of carbonyl (C=O) groups excluding carboxylic acids is 1. The van der Waals surface area contributed by atoms with Crippen LogP contribution in [0.25, 0.3) is 0 Å². The standard InChI is InChI=1S/C19H21F2N3O4S/c1-28-16-5-2-4-14(10-16)12-23-8-3-9-24(29(23,26)27)13-19(25)22-15-6-7-17(20)18(21)11-15/h2,4-7,10-11H,3,8-9,12-13H2,1H3,(H,22,25). The minimum Gasteiger partial charge on any atom is -0.497 e.